The topological polar surface area (TPSA) is 119 Å². The van der Waals surface area contributed by atoms with Gasteiger partial charge in [-0.1, -0.05) is 23.5 Å². The van der Waals surface area contributed by atoms with Crippen LogP contribution in [0.2, 0.25) is 0 Å². The fourth-order valence-electron chi connectivity index (χ4n) is 2.67. The van der Waals surface area contributed by atoms with E-state index in [0.29, 0.717) is 10.1 Å². The molecule has 2 heterocycles. The molecule has 2 aliphatic rings. The highest BCUT2D eigenvalue weighted by molar-refractivity contribution is 8.04. The van der Waals surface area contributed by atoms with E-state index in [9.17, 15) is 0 Å². The predicted octanol–water partition coefficient (Wildman–Crippen LogP) is 4.39. The fraction of sp³-hybridized carbons (Fsp3) is 0. The number of rotatable bonds is 0. The molecule has 6 nitrogen and oxygen atoms in total. The van der Waals surface area contributed by atoms with Gasteiger partial charge in [0.2, 0.25) is 0 Å². The van der Waals surface area contributed by atoms with Gasteiger partial charge >= 0.3 is 0 Å². The van der Waals surface area contributed by atoms with Crippen molar-refractivity contribution in [2.75, 3.05) is 10.6 Å². The van der Waals surface area contributed by atoms with E-state index in [1.807, 2.05) is 48.5 Å². The smallest absolute Gasteiger partial charge is 0.160 e. The molecule has 2 aromatic rings. The quantitative estimate of drug-likeness (QED) is 0.655. The molecule has 0 radical (unpaired) electrons. The van der Waals surface area contributed by atoms with Gasteiger partial charge in [0.15, 0.2) is 11.1 Å². The van der Waals surface area contributed by atoms with Crippen molar-refractivity contribution in [3.63, 3.8) is 0 Å². The average Bonchev–Trinajstić information content (AvgIpc) is 3.23. The number of fused-ring (bicyclic) bond motifs is 3. The van der Waals surface area contributed by atoms with E-state index in [4.69, 9.17) is 21.0 Å². The summed E-state index contributed by atoms with van der Waals surface area (Å²) in [6.07, 6.45) is 0. The lowest BCUT2D eigenvalue weighted by Gasteiger charge is -2.05. The van der Waals surface area contributed by atoms with Crippen LogP contribution in [0.25, 0.3) is 10.8 Å². The molecular formula is C18H6N6S2. The molecular weight excluding hydrogens is 364 g/mol. The Bertz CT molecular complexity index is 1040. The van der Waals surface area contributed by atoms with Gasteiger partial charge in [-0.25, -0.2) is 0 Å². The number of hydrogen-bond donors (Lipinski definition) is 2. The minimum absolute atomic E-state index is 0.0605. The van der Waals surface area contributed by atoms with Gasteiger partial charge in [-0.05, 0) is 35.0 Å². The van der Waals surface area contributed by atoms with E-state index in [1.165, 1.54) is 23.5 Å². The molecule has 0 bridgehead atoms. The van der Waals surface area contributed by atoms with Crippen molar-refractivity contribution < 1.29 is 0 Å². The summed E-state index contributed by atoms with van der Waals surface area (Å²) in [7, 11) is 0. The first-order chi connectivity index (χ1) is 12.7. The molecule has 2 N–H and O–H groups in total. The van der Waals surface area contributed by atoms with Crippen molar-refractivity contribution in [3.8, 4) is 24.3 Å². The Balaban J connectivity index is 1.79. The molecule has 0 saturated heterocycles. The summed E-state index contributed by atoms with van der Waals surface area (Å²) in [4.78, 5) is 1.87. The lowest BCUT2D eigenvalue weighted by Crippen LogP contribution is -1.93. The summed E-state index contributed by atoms with van der Waals surface area (Å²) in [5, 5.41) is 45.4. The van der Waals surface area contributed by atoms with Crippen LogP contribution in [-0.4, -0.2) is 0 Å². The molecule has 2 aromatic carbocycles. The molecule has 26 heavy (non-hydrogen) atoms. The van der Waals surface area contributed by atoms with Crippen LogP contribution in [-0.2, 0) is 0 Å². The molecule has 0 aliphatic carbocycles. The largest absolute Gasteiger partial charge is 0.347 e. The Morgan fingerprint density at radius 2 is 1.04 bits per heavy atom. The summed E-state index contributed by atoms with van der Waals surface area (Å²) in [6.45, 7) is 0. The monoisotopic (exact) mass is 370 g/mol. The summed E-state index contributed by atoms with van der Waals surface area (Å²) in [5.74, 6) is 0. The zero-order chi connectivity index (χ0) is 18.3. The van der Waals surface area contributed by atoms with E-state index in [-0.39, 0.29) is 11.1 Å². The second-order valence-corrected chi connectivity index (χ2v) is 7.46. The van der Waals surface area contributed by atoms with Gasteiger partial charge in [0, 0.05) is 9.79 Å². The number of thioether (sulfide) groups is 2. The lowest BCUT2D eigenvalue weighted by molar-refractivity contribution is 1.42. The highest BCUT2D eigenvalue weighted by Gasteiger charge is 2.23. The fourth-order valence-corrected chi connectivity index (χ4v) is 4.63. The number of benzene rings is 2. The maximum absolute atomic E-state index is 9.03. The predicted molar refractivity (Wildman–Crippen MR) is 99.4 cm³/mol. The number of nitrogens with zero attached hydrogens (tertiary/aromatic N) is 4. The molecule has 4 rings (SSSR count). The average molecular weight is 370 g/mol. The van der Waals surface area contributed by atoms with Crippen molar-refractivity contribution >= 4 is 45.7 Å². The third kappa shape index (κ3) is 2.42. The lowest BCUT2D eigenvalue weighted by atomic mass is 10.1. The highest BCUT2D eigenvalue weighted by atomic mass is 32.2. The molecule has 0 amide bonds. The Kier molecular flexibility index (Phi) is 3.72. The first-order valence-electron chi connectivity index (χ1n) is 7.27. The van der Waals surface area contributed by atoms with Gasteiger partial charge in [-0.2, -0.15) is 21.0 Å². The minimum Gasteiger partial charge on any atom is -0.347 e. The van der Waals surface area contributed by atoms with Crippen LogP contribution < -0.4 is 10.6 Å². The molecule has 0 spiro atoms. The van der Waals surface area contributed by atoms with Crippen LogP contribution in [0, 0.1) is 45.3 Å². The van der Waals surface area contributed by atoms with Crippen molar-refractivity contribution in [2.24, 2.45) is 0 Å². The summed E-state index contributed by atoms with van der Waals surface area (Å²) in [5.41, 5.74) is 1.82. The van der Waals surface area contributed by atoms with Crippen LogP contribution in [0.5, 0.6) is 0 Å². The second kappa shape index (κ2) is 6.06. The van der Waals surface area contributed by atoms with Crippen molar-refractivity contribution in [3.05, 3.63) is 45.5 Å². The Morgan fingerprint density at radius 1 is 0.654 bits per heavy atom. The number of allylic oxidation sites excluding steroid dienone is 2. The standard InChI is InChI=1S/C18H6N6S2/c19-5-11(6-20)17-23-13-1-9-3-16-14(2-10(9)4-15(13)25-17)24-18(26-16)12(7-21)8-22/h1-4,23-24H. The van der Waals surface area contributed by atoms with Gasteiger partial charge in [-0.3, -0.25) is 0 Å². The second-order valence-electron chi connectivity index (χ2n) is 5.35. The maximum Gasteiger partial charge on any atom is 0.160 e. The zero-order valence-corrected chi connectivity index (χ0v) is 14.5. The normalized spacial score (nSPS) is 13.4. The molecule has 120 valence electrons. The first kappa shape index (κ1) is 15.9. The number of anilines is 2. The Labute approximate surface area is 157 Å². The van der Waals surface area contributed by atoms with Crippen molar-refractivity contribution in [2.45, 2.75) is 9.79 Å². The molecule has 0 aromatic heterocycles. The molecule has 0 saturated carbocycles. The van der Waals surface area contributed by atoms with Gasteiger partial charge in [0.05, 0.1) is 11.4 Å². The molecule has 8 heteroatoms. The molecule has 2 aliphatic heterocycles. The number of nitriles is 4. The van der Waals surface area contributed by atoms with Crippen LogP contribution in [0.3, 0.4) is 0 Å². The van der Waals surface area contributed by atoms with Gasteiger partial charge in [0.25, 0.3) is 0 Å². The van der Waals surface area contributed by atoms with Crippen molar-refractivity contribution in [1.82, 2.24) is 0 Å². The summed E-state index contributed by atoms with van der Waals surface area (Å²) >= 11 is 2.71. The molecule has 0 unspecified atom stereocenters. The summed E-state index contributed by atoms with van der Waals surface area (Å²) in [6, 6.07) is 15.5. The van der Waals surface area contributed by atoms with E-state index in [0.717, 1.165) is 31.9 Å². The number of nitrogens with one attached hydrogen (secondary N) is 2. The van der Waals surface area contributed by atoms with E-state index in [1.54, 1.807) is 0 Å². The van der Waals surface area contributed by atoms with Crippen molar-refractivity contribution in [1.29, 1.82) is 21.0 Å². The van der Waals surface area contributed by atoms with Gasteiger partial charge in [-0.15, -0.1) is 0 Å². The zero-order valence-electron chi connectivity index (χ0n) is 12.9. The third-order valence-corrected chi connectivity index (χ3v) is 5.99. The van der Waals surface area contributed by atoms with Gasteiger partial charge in [0.1, 0.15) is 34.3 Å². The SMILES string of the molecule is N#CC(C#N)=C1Nc2cc3cc4c(cc3cc2S1)NC(=C(C#N)C#N)S4. The van der Waals surface area contributed by atoms with Crippen LogP contribution >= 0.6 is 23.5 Å². The Hall–Kier alpha value is -3.56. The summed E-state index contributed by atoms with van der Waals surface area (Å²) < 4.78 is 0. The molecule has 0 fully saturated rings. The Morgan fingerprint density at radius 3 is 1.38 bits per heavy atom. The molecule has 0 atom stereocenters. The maximum atomic E-state index is 9.03. The highest BCUT2D eigenvalue weighted by Crippen LogP contribution is 2.48. The minimum atomic E-state index is 0.0605. The van der Waals surface area contributed by atoms with E-state index < -0.39 is 0 Å². The van der Waals surface area contributed by atoms with E-state index in [2.05, 4.69) is 10.6 Å². The van der Waals surface area contributed by atoms with Crippen LogP contribution in [0.15, 0.2) is 55.3 Å². The van der Waals surface area contributed by atoms with Gasteiger partial charge < -0.3 is 10.6 Å². The van der Waals surface area contributed by atoms with Crippen LogP contribution in [0.1, 0.15) is 0 Å². The number of hydrogen-bond acceptors (Lipinski definition) is 8. The van der Waals surface area contributed by atoms with E-state index >= 15 is 0 Å². The first-order valence-corrected chi connectivity index (χ1v) is 8.90. The third-order valence-electron chi connectivity index (χ3n) is 3.86. The van der Waals surface area contributed by atoms with Crippen LogP contribution in [0.4, 0.5) is 11.4 Å².